The number of nitrogens with one attached hydrogen (secondary N) is 1. The van der Waals surface area contributed by atoms with E-state index >= 15 is 0 Å². The van der Waals surface area contributed by atoms with Gasteiger partial charge >= 0.3 is 0 Å². The van der Waals surface area contributed by atoms with E-state index in [1.54, 1.807) is 0 Å². The molecule has 1 rings (SSSR count). The molecule has 3 heteroatoms. The van der Waals surface area contributed by atoms with Crippen LogP contribution in [-0.4, -0.2) is 17.8 Å². The van der Waals surface area contributed by atoms with Crippen LogP contribution < -0.4 is 5.32 Å². The highest BCUT2D eigenvalue weighted by Gasteiger charge is 2.32. The maximum Gasteiger partial charge on any atom is 0.220 e. The highest BCUT2D eigenvalue weighted by atomic mass is 35.5. The summed E-state index contributed by atoms with van der Waals surface area (Å²) in [4.78, 5) is 11.7. The summed E-state index contributed by atoms with van der Waals surface area (Å²) in [5.41, 5.74) is 0.264. The Morgan fingerprint density at radius 2 is 2.12 bits per heavy atom. The molecule has 1 amide bonds. The second-order valence-corrected chi connectivity index (χ2v) is 5.88. The Morgan fingerprint density at radius 3 is 2.75 bits per heavy atom. The molecule has 0 heterocycles. The van der Waals surface area contributed by atoms with E-state index in [0.717, 1.165) is 19.3 Å². The lowest BCUT2D eigenvalue weighted by Crippen LogP contribution is -2.46. The van der Waals surface area contributed by atoms with E-state index in [0.29, 0.717) is 18.3 Å². The van der Waals surface area contributed by atoms with Crippen molar-refractivity contribution in [2.75, 3.05) is 5.88 Å². The number of carbonyl (C=O) groups is 1. The van der Waals surface area contributed by atoms with Crippen LogP contribution in [0.2, 0.25) is 0 Å². The molecule has 1 aliphatic rings. The van der Waals surface area contributed by atoms with Crippen LogP contribution in [0.5, 0.6) is 0 Å². The quantitative estimate of drug-likeness (QED) is 0.583. The highest BCUT2D eigenvalue weighted by molar-refractivity contribution is 6.17. The van der Waals surface area contributed by atoms with Gasteiger partial charge in [0.2, 0.25) is 5.91 Å². The number of amides is 1. The molecule has 1 unspecified atom stereocenters. The summed E-state index contributed by atoms with van der Waals surface area (Å²) >= 11 is 5.59. The van der Waals surface area contributed by atoms with E-state index < -0.39 is 0 Å². The minimum absolute atomic E-state index is 0.199. The van der Waals surface area contributed by atoms with Crippen LogP contribution in [0.1, 0.15) is 58.8 Å². The number of halogens is 1. The fourth-order valence-corrected chi connectivity index (χ4v) is 2.60. The van der Waals surface area contributed by atoms with E-state index in [-0.39, 0.29) is 11.3 Å². The molecular weight excluding hydrogens is 222 g/mol. The number of rotatable bonds is 5. The van der Waals surface area contributed by atoms with Crippen molar-refractivity contribution in [3.63, 3.8) is 0 Å². The fourth-order valence-electron chi connectivity index (χ4n) is 2.41. The molecule has 1 N–H and O–H groups in total. The smallest absolute Gasteiger partial charge is 0.220 e. The van der Waals surface area contributed by atoms with Gasteiger partial charge < -0.3 is 5.32 Å². The molecular formula is C13H24ClNO. The van der Waals surface area contributed by atoms with Crippen molar-refractivity contribution in [1.29, 1.82) is 0 Å². The molecule has 0 aromatic heterocycles. The average molecular weight is 246 g/mol. The van der Waals surface area contributed by atoms with Gasteiger partial charge in [-0.05, 0) is 31.1 Å². The van der Waals surface area contributed by atoms with Crippen molar-refractivity contribution < 1.29 is 4.79 Å². The summed E-state index contributed by atoms with van der Waals surface area (Å²) in [5, 5.41) is 3.19. The first kappa shape index (κ1) is 13.8. The third-order valence-corrected chi connectivity index (χ3v) is 3.90. The Balaban J connectivity index is 2.31. The van der Waals surface area contributed by atoms with Crippen LogP contribution in [0.3, 0.4) is 0 Å². The summed E-state index contributed by atoms with van der Waals surface area (Å²) in [6.45, 7) is 4.52. The predicted molar refractivity (Wildman–Crippen MR) is 68.8 cm³/mol. The number of hydrogen-bond donors (Lipinski definition) is 1. The van der Waals surface area contributed by atoms with Crippen LogP contribution >= 0.6 is 11.6 Å². The lowest BCUT2D eigenvalue weighted by molar-refractivity contribution is -0.123. The first-order chi connectivity index (χ1) is 7.56. The largest absolute Gasteiger partial charge is 0.353 e. The molecule has 16 heavy (non-hydrogen) atoms. The molecule has 0 bridgehead atoms. The lowest BCUT2D eigenvalue weighted by atomic mass is 9.73. The molecule has 0 saturated heterocycles. The molecule has 2 nitrogen and oxygen atoms in total. The van der Waals surface area contributed by atoms with Gasteiger partial charge in [-0.15, -0.1) is 11.6 Å². The molecule has 1 aliphatic carbocycles. The van der Waals surface area contributed by atoms with E-state index in [1.165, 1.54) is 19.3 Å². The van der Waals surface area contributed by atoms with Crippen LogP contribution in [0.4, 0.5) is 0 Å². The lowest BCUT2D eigenvalue weighted by Gasteiger charge is -2.39. The third-order valence-electron chi connectivity index (χ3n) is 3.63. The minimum atomic E-state index is 0.199. The highest BCUT2D eigenvalue weighted by Crippen LogP contribution is 2.35. The van der Waals surface area contributed by atoms with E-state index in [4.69, 9.17) is 11.6 Å². The van der Waals surface area contributed by atoms with Gasteiger partial charge in [0.1, 0.15) is 0 Å². The Kier molecular flexibility index (Phi) is 5.60. The fraction of sp³-hybridized carbons (Fsp3) is 0.923. The van der Waals surface area contributed by atoms with E-state index in [2.05, 4.69) is 19.2 Å². The van der Waals surface area contributed by atoms with Crippen molar-refractivity contribution in [3.8, 4) is 0 Å². The molecule has 94 valence electrons. The van der Waals surface area contributed by atoms with Crippen molar-refractivity contribution in [2.24, 2.45) is 5.41 Å². The van der Waals surface area contributed by atoms with Gasteiger partial charge in [-0.2, -0.15) is 0 Å². The summed E-state index contributed by atoms with van der Waals surface area (Å²) in [6, 6.07) is 0.366. The Morgan fingerprint density at radius 1 is 1.38 bits per heavy atom. The summed E-state index contributed by atoms with van der Waals surface area (Å²) < 4.78 is 0. The number of alkyl halides is 1. The maximum atomic E-state index is 11.7. The van der Waals surface area contributed by atoms with Crippen LogP contribution in [0.15, 0.2) is 0 Å². The molecule has 1 atom stereocenters. The van der Waals surface area contributed by atoms with Gasteiger partial charge in [0, 0.05) is 18.3 Å². The zero-order valence-electron chi connectivity index (χ0n) is 10.5. The maximum absolute atomic E-state index is 11.7. The Bertz CT molecular complexity index is 228. The summed E-state index contributed by atoms with van der Waals surface area (Å²) in [7, 11) is 0. The SMILES string of the molecule is CC1(C)CCCCC1NC(=O)CCCCCl. The van der Waals surface area contributed by atoms with Gasteiger partial charge in [0.25, 0.3) is 0 Å². The van der Waals surface area contributed by atoms with Crippen LogP contribution in [0.25, 0.3) is 0 Å². The standard InChI is InChI=1S/C13H24ClNO/c1-13(2)9-5-3-7-11(13)15-12(16)8-4-6-10-14/h11H,3-10H2,1-2H3,(H,15,16). The Hall–Kier alpha value is -0.240. The zero-order valence-corrected chi connectivity index (χ0v) is 11.3. The van der Waals surface area contributed by atoms with E-state index in [9.17, 15) is 4.79 Å². The molecule has 0 radical (unpaired) electrons. The number of unbranched alkanes of at least 4 members (excludes halogenated alkanes) is 1. The van der Waals surface area contributed by atoms with Crippen molar-refractivity contribution in [3.05, 3.63) is 0 Å². The van der Waals surface area contributed by atoms with Gasteiger partial charge in [-0.1, -0.05) is 26.7 Å². The van der Waals surface area contributed by atoms with Crippen LogP contribution in [-0.2, 0) is 4.79 Å². The molecule has 1 saturated carbocycles. The molecule has 1 fully saturated rings. The summed E-state index contributed by atoms with van der Waals surface area (Å²) in [5.74, 6) is 0.854. The number of carbonyl (C=O) groups excluding carboxylic acids is 1. The van der Waals surface area contributed by atoms with E-state index in [1.807, 2.05) is 0 Å². The summed E-state index contributed by atoms with van der Waals surface area (Å²) in [6.07, 6.45) is 7.36. The Labute approximate surface area is 104 Å². The zero-order chi connectivity index (χ0) is 12.0. The molecule has 0 spiro atoms. The first-order valence-corrected chi connectivity index (χ1v) is 6.95. The van der Waals surface area contributed by atoms with Crippen molar-refractivity contribution >= 4 is 17.5 Å². The predicted octanol–water partition coefficient (Wildman–Crippen LogP) is 3.48. The molecule has 0 aromatic rings. The normalized spacial score (nSPS) is 24.1. The monoisotopic (exact) mass is 245 g/mol. The van der Waals surface area contributed by atoms with Crippen LogP contribution in [0, 0.1) is 5.41 Å². The van der Waals surface area contributed by atoms with Crippen molar-refractivity contribution in [2.45, 2.75) is 64.8 Å². The second kappa shape index (κ2) is 6.48. The first-order valence-electron chi connectivity index (χ1n) is 6.41. The molecule has 0 aliphatic heterocycles. The minimum Gasteiger partial charge on any atom is -0.353 e. The molecule has 0 aromatic carbocycles. The van der Waals surface area contributed by atoms with Gasteiger partial charge in [-0.25, -0.2) is 0 Å². The van der Waals surface area contributed by atoms with Gasteiger partial charge in [-0.3, -0.25) is 4.79 Å². The average Bonchev–Trinajstić information content (AvgIpc) is 2.21. The van der Waals surface area contributed by atoms with Gasteiger partial charge in [0.15, 0.2) is 0 Å². The second-order valence-electron chi connectivity index (χ2n) is 5.50. The van der Waals surface area contributed by atoms with Crippen molar-refractivity contribution in [1.82, 2.24) is 5.32 Å². The topological polar surface area (TPSA) is 29.1 Å². The van der Waals surface area contributed by atoms with Gasteiger partial charge in [0.05, 0.1) is 0 Å². The number of hydrogen-bond acceptors (Lipinski definition) is 1. The third kappa shape index (κ3) is 4.32.